The van der Waals surface area contributed by atoms with Crippen LogP contribution in [0.1, 0.15) is 41.4 Å². The highest BCUT2D eigenvalue weighted by Gasteiger charge is 2.61. The van der Waals surface area contributed by atoms with Crippen molar-refractivity contribution >= 4 is 5.78 Å². The molecular weight excluding hydrogens is 295 g/mol. The summed E-state index contributed by atoms with van der Waals surface area (Å²) in [5.41, 5.74) is -1.70. The Labute approximate surface area is 116 Å². The zero-order chi connectivity index (χ0) is 15.8. The van der Waals surface area contributed by atoms with Crippen LogP contribution < -0.4 is 0 Å². The molecule has 0 amide bonds. The van der Waals surface area contributed by atoms with Gasteiger partial charge in [-0.3, -0.25) is 4.79 Å². The molecule has 1 fully saturated rings. The van der Waals surface area contributed by atoms with E-state index in [1.165, 1.54) is 0 Å². The molecule has 0 spiro atoms. The van der Waals surface area contributed by atoms with Crippen molar-refractivity contribution in [2.75, 3.05) is 0 Å². The number of benzene rings is 1. The molecule has 7 heteroatoms. The SMILES string of the molecule is CC1(C)C(=O)c2ccc(C(F)(F)C(F)(F)F)cc2C2OC21. The van der Waals surface area contributed by atoms with E-state index in [-0.39, 0.29) is 16.9 Å². The quantitative estimate of drug-likeness (QED) is 0.580. The first-order valence-corrected chi connectivity index (χ1v) is 6.27. The Bertz CT molecular complexity index is 633. The molecule has 0 N–H and O–H groups in total. The molecule has 21 heavy (non-hydrogen) atoms. The van der Waals surface area contributed by atoms with E-state index < -0.39 is 35.3 Å². The maximum Gasteiger partial charge on any atom is 0.458 e. The predicted octanol–water partition coefficient (Wildman–Crippen LogP) is 4.00. The molecule has 1 heterocycles. The number of carbonyl (C=O) groups is 1. The molecule has 1 aliphatic carbocycles. The summed E-state index contributed by atoms with van der Waals surface area (Å²) in [4.78, 5) is 12.2. The molecular formula is C14H11F5O2. The fourth-order valence-electron chi connectivity index (χ4n) is 2.74. The zero-order valence-electron chi connectivity index (χ0n) is 11.1. The van der Waals surface area contributed by atoms with E-state index in [4.69, 9.17) is 4.74 Å². The second-order valence-electron chi connectivity index (χ2n) is 5.90. The van der Waals surface area contributed by atoms with Gasteiger partial charge >= 0.3 is 12.1 Å². The third-order valence-electron chi connectivity index (χ3n) is 4.11. The maximum atomic E-state index is 13.4. The third kappa shape index (κ3) is 1.83. The molecule has 0 aromatic heterocycles. The van der Waals surface area contributed by atoms with Gasteiger partial charge in [-0.25, -0.2) is 0 Å². The van der Waals surface area contributed by atoms with Crippen LogP contribution in [0.5, 0.6) is 0 Å². The molecule has 1 saturated heterocycles. The molecule has 0 radical (unpaired) electrons. The summed E-state index contributed by atoms with van der Waals surface area (Å²) in [6.07, 6.45) is -6.73. The fourth-order valence-corrected chi connectivity index (χ4v) is 2.74. The van der Waals surface area contributed by atoms with E-state index in [9.17, 15) is 26.7 Å². The molecule has 1 aromatic carbocycles. The number of carbonyl (C=O) groups excluding carboxylic acids is 1. The highest BCUT2D eigenvalue weighted by atomic mass is 19.4. The predicted molar refractivity (Wildman–Crippen MR) is 62.1 cm³/mol. The van der Waals surface area contributed by atoms with Crippen molar-refractivity contribution in [3.63, 3.8) is 0 Å². The van der Waals surface area contributed by atoms with Crippen LogP contribution in [-0.4, -0.2) is 18.1 Å². The summed E-state index contributed by atoms with van der Waals surface area (Å²) in [7, 11) is 0. The number of fused-ring (bicyclic) bond motifs is 3. The van der Waals surface area contributed by atoms with Gasteiger partial charge in [0.15, 0.2) is 5.78 Å². The lowest BCUT2D eigenvalue weighted by Crippen LogP contribution is -2.36. The van der Waals surface area contributed by atoms with Gasteiger partial charge in [-0.05, 0) is 25.5 Å². The summed E-state index contributed by atoms with van der Waals surface area (Å²) in [5.74, 6) is -5.26. The minimum Gasteiger partial charge on any atom is -0.363 e. The van der Waals surface area contributed by atoms with E-state index in [0.717, 1.165) is 12.1 Å². The zero-order valence-corrected chi connectivity index (χ0v) is 11.1. The summed E-state index contributed by atoms with van der Waals surface area (Å²) in [5, 5.41) is 0. The first-order valence-electron chi connectivity index (χ1n) is 6.27. The lowest BCUT2D eigenvalue weighted by atomic mass is 9.73. The third-order valence-corrected chi connectivity index (χ3v) is 4.11. The molecule has 2 aliphatic rings. The Kier molecular flexibility index (Phi) is 2.63. The van der Waals surface area contributed by atoms with Crippen LogP contribution in [0.3, 0.4) is 0 Å². The van der Waals surface area contributed by atoms with Crippen molar-refractivity contribution in [1.29, 1.82) is 0 Å². The van der Waals surface area contributed by atoms with Crippen molar-refractivity contribution in [3.05, 3.63) is 34.9 Å². The van der Waals surface area contributed by atoms with Crippen molar-refractivity contribution in [3.8, 4) is 0 Å². The Morgan fingerprint density at radius 2 is 1.76 bits per heavy atom. The van der Waals surface area contributed by atoms with E-state index in [1.807, 2.05) is 0 Å². The number of rotatable bonds is 1. The van der Waals surface area contributed by atoms with Crippen LogP contribution in [-0.2, 0) is 10.7 Å². The minimum absolute atomic E-state index is 0.116. The van der Waals surface area contributed by atoms with Gasteiger partial charge in [0.1, 0.15) is 12.2 Å². The van der Waals surface area contributed by atoms with Gasteiger partial charge in [0.2, 0.25) is 0 Å². The van der Waals surface area contributed by atoms with Gasteiger partial charge in [0.05, 0.1) is 5.41 Å². The first kappa shape index (κ1) is 14.4. The molecule has 2 nitrogen and oxygen atoms in total. The Morgan fingerprint density at radius 3 is 2.33 bits per heavy atom. The van der Waals surface area contributed by atoms with Crippen LogP contribution in [0.25, 0.3) is 0 Å². The van der Waals surface area contributed by atoms with Crippen molar-refractivity contribution in [1.82, 2.24) is 0 Å². The summed E-state index contributed by atoms with van der Waals surface area (Å²) in [6.45, 7) is 3.34. The van der Waals surface area contributed by atoms with Crippen LogP contribution in [0, 0.1) is 5.41 Å². The summed E-state index contributed by atoms with van der Waals surface area (Å²) in [6, 6.07) is 2.43. The van der Waals surface area contributed by atoms with Gasteiger partial charge < -0.3 is 4.74 Å². The van der Waals surface area contributed by atoms with E-state index >= 15 is 0 Å². The largest absolute Gasteiger partial charge is 0.458 e. The molecule has 1 aromatic rings. The van der Waals surface area contributed by atoms with Crippen molar-refractivity contribution in [2.45, 2.75) is 38.2 Å². The van der Waals surface area contributed by atoms with E-state index in [1.54, 1.807) is 13.8 Å². The second kappa shape index (κ2) is 3.82. The van der Waals surface area contributed by atoms with Gasteiger partial charge in [0.25, 0.3) is 0 Å². The molecule has 0 bridgehead atoms. The topological polar surface area (TPSA) is 29.6 Å². The number of ether oxygens (including phenoxy) is 1. The van der Waals surface area contributed by atoms with Crippen molar-refractivity contribution in [2.24, 2.45) is 5.41 Å². The summed E-state index contributed by atoms with van der Waals surface area (Å²) >= 11 is 0. The van der Waals surface area contributed by atoms with Crippen LogP contribution >= 0.6 is 0 Å². The summed E-state index contributed by atoms with van der Waals surface area (Å²) < 4.78 is 69.3. The Balaban J connectivity index is 2.09. The Hall–Kier alpha value is -1.50. The molecule has 0 saturated carbocycles. The highest BCUT2D eigenvalue weighted by Crippen LogP contribution is 2.56. The molecule has 3 rings (SSSR count). The minimum atomic E-state index is -5.68. The van der Waals surface area contributed by atoms with Gasteiger partial charge in [-0.1, -0.05) is 12.1 Å². The lowest BCUT2D eigenvalue weighted by molar-refractivity contribution is -0.289. The molecule has 114 valence electrons. The number of Topliss-reactive ketones (excluding diaryl/α,β-unsaturated/α-hetero) is 1. The number of hydrogen-bond acceptors (Lipinski definition) is 2. The number of halogens is 5. The first-order chi connectivity index (χ1) is 9.48. The number of alkyl halides is 5. The maximum absolute atomic E-state index is 13.4. The van der Waals surface area contributed by atoms with Gasteiger partial charge in [-0.15, -0.1) is 0 Å². The number of epoxide rings is 1. The standard InChI is InChI=1S/C14H11F5O2/c1-12(2)10(20)7-4-3-6(13(15,16)14(17,18)19)5-8(7)9-11(12)21-9/h3-5,9,11H,1-2H3. The van der Waals surface area contributed by atoms with Gasteiger partial charge in [-0.2, -0.15) is 22.0 Å². The Morgan fingerprint density at radius 1 is 1.14 bits per heavy atom. The smallest absolute Gasteiger partial charge is 0.363 e. The lowest BCUT2D eigenvalue weighted by Gasteiger charge is -2.27. The number of ketones is 1. The van der Waals surface area contributed by atoms with E-state index in [2.05, 4.69) is 0 Å². The molecule has 2 unspecified atom stereocenters. The second-order valence-corrected chi connectivity index (χ2v) is 5.90. The van der Waals surface area contributed by atoms with E-state index in [0.29, 0.717) is 6.07 Å². The van der Waals surface area contributed by atoms with Crippen LogP contribution in [0.2, 0.25) is 0 Å². The average molecular weight is 306 g/mol. The van der Waals surface area contributed by atoms with Crippen LogP contribution in [0.4, 0.5) is 22.0 Å². The normalized spacial score (nSPS) is 27.1. The number of hydrogen-bond donors (Lipinski definition) is 0. The molecule has 1 aliphatic heterocycles. The fraction of sp³-hybridized carbons (Fsp3) is 0.500. The molecule has 2 atom stereocenters. The van der Waals surface area contributed by atoms with Gasteiger partial charge in [0, 0.05) is 11.1 Å². The monoisotopic (exact) mass is 306 g/mol. The highest BCUT2D eigenvalue weighted by molar-refractivity contribution is 6.03. The van der Waals surface area contributed by atoms with Crippen LogP contribution in [0.15, 0.2) is 18.2 Å². The average Bonchev–Trinajstić information content (AvgIpc) is 3.15. The van der Waals surface area contributed by atoms with Crippen molar-refractivity contribution < 1.29 is 31.5 Å².